The molecule has 1 aliphatic heterocycles. The number of Topliss-reactive ketones (excluding diaryl/α,β-unsaturated/α-hetero) is 1. The molecule has 1 atom stereocenters. The van der Waals surface area contributed by atoms with Crippen molar-refractivity contribution >= 4 is 38.7 Å². The molecule has 4 nitrogen and oxygen atoms in total. The van der Waals surface area contributed by atoms with E-state index in [0.29, 0.717) is 17.8 Å². The van der Waals surface area contributed by atoms with Gasteiger partial charge in [-0.15, -0.1) is 11.3 Å². The summed E-state index contributed by atoms with van der Waals surface area (Å²) in [5.74, 6) is 0.158. The van der Waals surface area contributed by atoms with Gasteiger partial charge in [0.2, 0.25) is 0 Å². The first kappa shape index (κ1) is 22.8. The van der Waals surface area contributed by atoms with Crippen LogP contribution in [0.3, 0.4) is 0 Å². The van der Waals surface area contributed by atoms with Crippen LogP contribution in [0, 0.1) is 16.7 Å². The number of carbonyl (C=O) groups excluding carboxylic acids is 1. The van der Waals surface area contributed by atoms with Crippen molar-refractivity contribution in [3.63, 3.8) is 0 Å². The number of hydrogen-bond donors (Lipinski definition) is 1. The lowest BCUT2D eigenvalue weighted by Crippen LogP contribution is -2.42. The van der Waals surface area contributed by atoms with Gasteiger partial charge < -0.3 is 5.73 Å². The Kier molecular flexibility index (Phi) is 6.33. The van der Waals surface area contributed by atoms with Crippen molar-refractivity contribution in [1.29, 1.82) is 5.26 Å². The number of rotatable bonds is 5. The van der Waals surface area contributed by atoms with Crippen LogP contribution < -0.4 is 10.6 Å². The molecule has 2 heterocycles. The molecule has 0 saturated heterocycles. The Morgan fingerprint density at radius 3 is 2.59 bits per heavy atom. The fourth-order valence-electron chi connectivity index (χ4n) is 4.71. The molecule has 2 N–H and O–H groups in total. The van der Waals surface area contributed by atoms with E-state index in [9.17, 15) is 10.1 Å². The summed E-state index contributed by atoms with van der Waals surface area (Å²) in [4.78, 5) is 17.8. The number of allylic oxidation sites excluding steroid dienone is 3. The second-order valence-corrected chi connectivity index (χ2v) is 11.5. The number of nitrogens with zero attached hydrogens (tertiary/aromatic N) is 2. The van der Waals surface area contributed by atoms with Crippen LogP contribution in [0.25, 0.3) is 0 Å². The van der Waals surface area contributed by atoms with E-state index in [2.05, 4.69) is 54.9 Å². The van der Waals surface area contributed by atoms with Crippen LogP contribution in [0.4, 0.5) is 5.69 Å². The van der Waals surface area contributed by atoms with Gasteiger partial charge in [-0.1, -0.05) is 43.1 Å². The molecule has 0 spiro atoms. The van der Waals surface area contributed by atoms with Gasteiger partial charge in [0.1, 0.15) is 5.82 Å². The summed E-state index contributed by atoms with van der Waals surface area (Å²) in [6.45, 7) is 6.43. The first-order valence-electron chi connectivity index (χ1n) is 11.1. The molecule has 0 amide bonds. The summed E-state index contributed by atoms with van der Waals surface area (Å²) < 4.78 is 0.964. The second kappa shape index (κ2) is 8.88. The van der Waals surface area contributed by atoms with Crippen LogP contribution in [0.1, 0.15) is 62.1 Å². The Bertz CT molecular complexity index is 1150. The van der Waals surface area contributed by atoms with Crippen LogP contribution in [0.15, 0.2) is 63.5 Å². The number of ketones is 1. The highest BCUT2D eigenvalue weighted by molar-refractivity contribution is 9.10. The van der Waals surface area contributed by atoms with Crippen LogP contribution in [-0.2, 0) is 11.2 Å². The number of unbranched alkanes of at least 4 members (excludes halogenated alkanes) is 1. The number of anilines is 1. The highest BCUT2D eigenvalue weighted by Gasteiger charge is 2.45. The van der Waals surface area contributed by atoms with Crippen molar-refractivity contribution in [1.82, 2.24) is 0 Å². The summed E-state index contributed by atoms with van der Waals surface area (Å²) in [5, 5.41) is 10.2. The number of aryl methyl sites for hydroxylation is 1. The minimum Gasteiger partial charge on any atom is -0.384 e. The lowest BCUT2D eigenvalue weighted by atomic mass is 9.69. The van der Waals surface area contributed by atoms with E-state index in [1.807, 2.05) is 29.2 Å². The molecule has 0 radical (unpaired) electrons. The lowest BCUT2D eigenvalue weighted by Gasteiger charge is -2.43. The van der Waals surface area contributed by atoms with Crippen molar-refractivity contribution in [3.05, 3.63) is 73.3 Å². The molecule has 6 heteroatoms. The molecule has 2 aliphatic rings. The van der Waals surface area contributed by atoms with Crippen LogP contribution >= 0.6 is 27.3 Å². The average Bonchev–Trinajstić information content (AvgIpc) is 3.20. The quantitative estimate of drug-likeness (QED) is 0.481. The van der Waals surface area contributed by atoms with E-state index in [4.69, 9.17) is 5.73 Å². The number of halogens is 1. The molecule has 2 aromatic rings. The number of benzene rings is 1. The van der Waals surface area contributed by atoms with Gasteiger partial charge in [0.05, 0.1) is 17.6 Å². The first-order chi connectivity index (χ1) is 15.3. The fourth-order valence-corrected chi connectivity index (χ4v) is 6.15. The summed E-state index contributed by atoms with van der Waals surface area (Å²) in [7, 11) is 0. The molecule has 1 aliphatic carbocycles. The molecule has 0 fully saturated rings. The molecule has 4 rings (SSSR count). The van der Waals surface area contributed by atoms with Gasteiger partial charge in [0, 0.05) is 37.6 Å². The minimum atomic E-state index is -0.384. The van der Waals surface area contributed by atoms with Gasteiger partial charge in [-0.2, -0.15) is 5.26 Å². The maximum absolute atomic E-state index is 13.5. The average molecular weight is 511 g/mol. The molecule has 0 saturated carbocycles. The van der Waals surface area contributed by atoms with Gasteiger partial charge in [0.15, 0.2) is 5.78 Å². The molecular formula is C26H28BrN3OS. The zero-order valence-electron chi connectivity index (χ0n) is 18.7. The summed E-state index contributed by atoms with van der Waals surface area (Å²) >= 11 is 5.19. The van der Waals surface area contributed by atoms with Crippen molar-refractivity contribution in [2.75, 3.05) is 4.90 Å². The zero-order valence-corrected chi connectivity index (χ0v) is 21.1. The van der Waals surface area contributed by atoms with Crippen LogP contribution in [0.2, 0.25) is 0 Å². The number of thiophene rings is 1. The van der Waals surface area contributed by atoms with Gasteiger partial charge in [0.25, 0.3) is 0 Å². The Morgan fingerprint density at radius 1 is 1.22 bits per heavy atom. The van der Waals surface area contributed by atoms with Crippen molar-refractivity contribution < 1.29 is 4.79 Å². The first-order valence-corrected chi connectivity index (χ1v) is 12.7. The van der Waals surface area contributed by atoms with Gasteiger partial charge in [-0.25, -0.2) is 0 Å². The lowest BCUT2D eigenvalue weighted by molar-refractivity contribution is -0.118. The van der Waals surface area contributed by atoms with E-state index in [-0.39, 0.29) is 17.1 Å². The van der Waals surface area contributed by atoms with Crippen LogP contribution in [-0.4, -0.2) is 5.78 Å². The molecule has 1 aromatic carbocycles. The highest BCUT2D eigenvalue weighted by atomic mass is 79.9. The predicted octanol–water partition coefficient (Wildman–Crippen LogP) is 6.79. The maximum atomic E-state index is 13.5. The molecular weight excluding hydrogens is 482 g/mol. The zero-order chi connectivity index (χ0) is 23.0. The second-order valence-electron chi connectivity index (χ2n) is 9.36. The molecule has 1 unspecified atom stereocenters. The van der Waals surface area contributed by atoms with Gasteiger partial charge in [-0.3, -0.25) is 9.69 Å². The predicted molar refractivity (Wildman–Crippen MR) is 134 cm³/mol. The van der Waals surface area contributed by atoms with Gasteiger partial charge in [-0.05, 0) is 61.1 Å². The van der Waals surface area contributed by atoms with E-state index >= 15 is 0 Å². The smallest absolute Gasteiger partial charge is 0.162 e. The number of carbonyl (C=O) groups is 1. The van der Waals surface area contributed by atoms with Crippen molar-refractivity contribution in [3.8, 4) is 6.07 Å². The summed E-state index contributed by atoms with van der Waals surface area (Å²) in [5.41, 5.74) is 9.52. The monoisotopic (exact) mass is 509 g/mol. The topological polar surface area (TPSA) is 70.1 Å². The van der Waals surface area contributed by atoms with Crippen molar-refractivity contribution in [2.24, 2.45) is 11.1 Å². The van der Waals surface area contributed by atoms with E-state index < -0.39 is 0 Å². The molecule has 32 heavy (non-hydrogen) atoms. The SMILES string of the molecule is CCCCc1ccc(C2C(C#N)=C(N)N(c3ccc(Br)cc3)C3=C2C(=O)CC(C)(C)C3)s1. The normalized spacial score (nSPS) is 20.4. The molecule has 0 bridgehead atoms. The summed E-state index contributed by atoms with van der Waals surface area (Å²) in [6.07, 6.45) is 4.49. The summed E-state index contributed by atoms with van der Waals surface area (Å²) in [6, 6.07) is 14.4. The third-order valence-electron chi connectivity index (χ3n) is 6.21. The maximum Gasteiger partial charge on any atom is 0.162 e. The molecule has 166 valence electrons. The van der Waals surface area contributed by atoms with E-state index in [1.54, 1.807) is 11.3 Å². The number of nitriles is 1. The van der Waals surface area contributed by atoms with Crippen LogP contribution in [0.5, 0.6) is 0 Å². The largest absolute Gasteiger partial charge is 0.384 e. The number of hydrogen-bond acceptors (Lipinski definition) is 5. The minimum absolute atomic E-state index is 0.118. The third-order valence-corrected chi connectivity index (χ3v) is 7.95. The number of nitrogens with two attached hydrogens (primary N) is 1. The Hall–Kier alpha value is -2.36. The van der Waals surface area contributed by atoms with Crippen molar-refractivity contribution in [2.45, 2.75) is 58.8 Å². The van der Waals surface area contributed by atoms with E-state index in [1.165, 1.54) is 4.88 Å². The fraction of sp³-hybridized carbons (Fsp3) is 0.385. The third kappa shape index (κ3) is 4.16. The highest BCUT2D eigenvalue weighted by Crippen LogP contribution is 2.51. The Morgan fingerprint density at radius 2 is 1.94 bits per heavy atom. The van der Waals surface area contributed by atoms with E-state index in [0.717, 1.165) is 52.0 Å². The standard InChI is InChI=1S/C26H28BrN3OS/c1-4-5-6-18-11-12-22(32-18)23-19(15-28)25(29)30(17-9-7-16(27)8-10-17)20-13-26(2,3)14-21(31)24(20)23/h7-12,23H,4-6,13-14,29H2,1-3H3. The molecule has 1 aromatic heterocycles. The Balaban J connectivity index is 1.90. The Labute approximate surface area is 202 Å². The van der Waals surface area contributed by atoms with Gasteiger partial charge >= 0.3 is 0 Å².